The maximum atomic E-state index is 11.4. The summed E-state index contributed by atoms with van der Waals surface area (Å²) in [4.78, 5) is 13.7. The third-order valence-corrected chi connectivity index (χ3v) is 1.93. The highest BCUT2D eigenvalue weighted by Gasteiger charge is 2.11. The van der Waals surface area contributed by atoms with Crippen LogP contribution in [0.25, 0.3) is 0 Å². The van der Waals surface area contributed by atoms with Crippen molar-refractivity contribution in [3.05, 3.63) is 35.9 Å². The molecule has 1 unspecified atom stereocenters. The number of benzene rings is 1. The third-order valence-electron chi connectivity index (χ3n) is 1.93. The molecule has 0 aliphatic rings. The van der Waals surface area contributed by atoms with E-state index < -0.39 is 5.97 Å². The number of hydrogen-bond donors (Lipinski definition) is 0. The molecule has 0 saturated heterocycles. The fourth-order valence-electron chi connectivity index (χ4n) is 1.18. The summed E-state index contributed by atoms with van der Waals surface area (Å²) in [6.45, 7) is 1.85. The summed E-state index contributed by atoms with van der Waals surface area (Å²) in [5.41, 5.74) is 1.01. The molecule has 1 atom stereocenters. The molecule has 70 valence electrons. The van der Waals surface area contributed by atoms with Gasteiger partial charge >= 0.3 is 5.97 Å². The molecule has 3 heteroatoms. The molecule has 0 heterocycles. The normalized spacial score (nSPS) is 12.2. The predicted molar refractivity (Wildman–Crippen MR) is 46.7 cm³/mol. The number of carbonyl (C=O) groups excluding carboxylic acids is 1. The second-order valence-electron chi connectivity index (χ2n) is 2.97. The predicted octanol–water partition coefficient (Wildman–Crippen LogP) is 2.61. The number of halogens is 1. The van der Waals surface area contributed by atoms with Gasteiger partial charge in [0.1, 0.15) is 0 Å². The molecular formula is C10H11FO2. The van der Waals surface area contributed by atoms with Gasteiger partial charge in [-0.05, 0) is 11.5 Å². The Morgan fingerprint density at radius 3 is 2.62 bits per heavy atom. The van der Waals surface area contributed by atoms with Gasteiger partial charge in [-0.3, -0.25) is 4.94 Å². The van der Waals surface area contributed by atoms with E-state index in [1.807, 2.05) is 37.3 Å². The van der Waals surface area contributed by atoms with E-state index in [4.69, 9.17) is 0 Å². The standard InChI is InChI=1S/C10H11FO2/c1-8(7-10(12)13-11)9-5-3-2-4-6-9/h2-6,8H,7H2,1H3. The van der Waals surface area contributed by atoms with E-state index in [1.165, 1.54) is 0 Å². The average molecular weight is 182 g/mol. The maximum absolute atomic E-state index is 11.4. The summed E-state index contributed by atoms with van der Waals surface area (Å²) in [6, 6.07) is 9.45. The quantitative estimate of drug-likeness (QED) is 0.718. The summed E-state index contributed by atoms with van der Waals surface area (Å²) in [7, 11) is 0. The van der Waals surface area contributed by atoms with Crippen molar-refractivity contribution < 1.29 is 14.3 Å². The van der Waals surface area contributed by atoms with Crippen LogP contribution in [0, 0.1) is 0 Å². The van der Waals surface area contributed by atoms with Crippen LogP contribution in [0.3, 0.4) is 0 Å². The second kappa shape index (κ2) is 4.60. The minimum absolute atomic E-state index is 0.00977. The van der Waals surface area contributed by atoms with Crippen molar-refractivity contribution in [2.45, 2.75) is 19.3 Å². The van der Waals surface area contributed by atoms with E-state index in [1.54, 1.807) is 0 Å². The van der Waals surface area contributed by atoms with Gasteiger partial charge in [-0.15, -0.1) is 0 Å². The molecule has 13 heavy (non-hydrogen) atoms. The first kappa shape index (κ1) is 9.71. The van der Waals surface area contributed by atoms with E-state index >= 15 is 0 Å². The van der Waals surface area contributed by atoms with Crippen LogP contribution in [0.2, 0.25) is 0 Å². The summed E-state index contributed by atoms with van der Waals surface area (Å²) < 4.78 is 11.4. The van der Waals surface area contributed by atoms with Gasteiger partial charge in [-0.25, -0.2) is 4.79 Å². The first-order chi connectivity index (χ1) is 6.24. The Morgan fingerprint density at radius 1 is 1.46 bits per heavy atom. The van der Waals surface area contributed by atoms with Crippen LogP contribution < -0.4 is 0 Å². The minimum Gasteiger partial charge on any atom is -0.255 e. The molecule has 0 amide bonds. The van der Waals surface area contributed by atoms with Crippen LogP contribution in [0.15, 0.2) is 30.3 Å². The molecule has 1 rings (SSSR count). The molecule has 0 spiro atoms. The number of hydrogen-bond acceptors (Lipinski definition) is 2. The molecule has 0 radical (unpaired) electrons. The van der Waals surface area contributed by atoms with Crippen LogP contribution in [0.1, 0.15) is 24.8 Å². The summed E-state index contributed by atoms with van der Waals surface area (Å²) in [5.74, 6) is -0.833. The van der Waals surface area contributed by atoms with Crippen LogP contribution in [-0.4, -0.2) is 5.97 Å². The first-order valence-corrected chi connectivity index (χ1v) is 4.10. The first-order valence-electron chi connectivity index (χ1n) is 4.10. The molecule has 0 aromatic heterocycles. The van der Waals surface area contributed by atoms with Gasteiger partial charge in [0.2, 0.25) is 0 Å². The van der Waals surface area contributed by atoms with Crippen LogP contribution >= 0.6 is 0 Å². The van der Waals surface area contributed by atoms with Crippen molar-refractivity contribution in [3.63, 3.8) is 0 Å². The van der Waals surface area contributed by atoms with Gasteiger partial charge in [0.15, 0.2) is 0 Å². The molecule has 1 aromatic rings. The Morgan fingerprint density at radius 2 is 2.08 bits per heavy atom. The Labute approximate surface area is 76.2 Å². The Bertz CT molecular complexity index is 272. The molecule has 0 aliphatic carbocycles. The molecular weight excluding hydrogens is 171 g/mol. The summed E-state index contributed by atoms with van der Waals surface area (Å²) >= 11 is 0. The largest absolute Gasteiger partial charge is 0.349 e. The third kappa shape index (κ3) is 2.86. The lowest BCUT2D eigenvalue weighted by Crippen LogP contribution is -2.04. The van der Waals surface area contributed by atoms with Gasteiger partial charge < -0.3 is 0 Å². The van der Waals surface area contributed by atoms with Crippen LogP contribution in [0.5, 0.6) is 0 Å². The Kier molecular flexibility index (Phi) is 3.43. The van der Waals surface area contributed by atoms with Crippen molar-refractivity contribution in [2.75, 3.05) is 0 Å². The van der Waals surface area contributed by atoms with E-state index in [9.17, 15) is 9.32 Å². The number of carbonyl (C=O) groups is 1. The van der Waals surface area contributed by atoms with Crippen LogP contribution in [-0.2, 0) is 9.74 Å². The molecule has 1 aromatic carbocycles. The van der Waals surface area contributed by atoms with E-state index in [-0.39, 0.29) is 12.3 Å². The zero-order valence-electron chi connectivity index (χ0n) is 7.37. The molecule has 0 saturated carbocycles. The van der Waals surface area contributed by atoms with Gasteiger partial charge in [0.05, 0.1) is 6.42 Å². The summed E-state index contributed by atoms with van der Waals surface area (Å²) in [6.07, 6.45) is 0.0700. The molecule has 0 N–H and O–H groups in total. The molecule has 0 fully saturated rings. The van der Waals surface area contributed by atoms with Gasteiger partial charge in [-0.2, -0.15) is 0 Å². The second-order valence-corrected chi connectivity index (χ2v) is 2.97. The lowest BCUT2D eigenvalue weighted by molar-refractivity contribution is -0.184. The minimum atomic E-state index is -0.823. The maximum Gasteiger partial charge on any atom is 0.349 e. The van der Waals surface area contributed by atoms with Crippen molar-refractivity contribution in [2.24, 2.45) is 0 Å². The van der Waals surface area contributed by atoms with E-state index in [2.05, 4.69) is 4.94 Å². The highest BCUT2D eigenvalue weighted by atomic mass is 19.3. The lowest BCUT2D eigenvalue weighted by atomic mass is 9.98. The van der Waals surface area contributed by atoms with Crippen molar-refractivity contribution in [1.29, 1.82) is 0 Å². The summed E-state index contributed by atoms with van der Waals surface area (Å²) in [5, 5.41) is 0. The topological polar surface area (TPSA) is 26.3 Å². The van der Waals surface area contributed by atoms with E-state index in [0.717, 1.165) is 5.56 Å². The van der Waals surface area contributed by atoms with E-state index in [0.29, 0.717) is 0 Å². The highest BCUT2D eigenvalue weighted by Crippen LogP contribution is 2.18. The monoisotopic (exact) mass is 182 g/mol. The fourth-order valence-corrected chi connectivity index (χ4v) is 1.18. The Hall–Kier alpha value is -1.38. The van der Waals surface area contributed by atoms with Crippen molar-refractivity contribution in [1.82, 2.24) is 0 Å². The lowest BCUT2D eigenvalue weighted by Gasteiger charge is -2.07. The highest BCUT2D eigenvalue weighted by molar-refractivity contribution is 5.69. The molecule has 0 bridgehead atoms. The van der Waals surface area contributed by atoms with Gasteiger partial charge in [0, 0.05) is 4.53 Å². The van der Waals surface area contributed by atoms with Gasteiger partial charge in [-0.1, -0.05) is 37.3 Å². The van der Waals surface area contributed by atoms with Crippen molar-refractivity contribution in [3.8, 4) is 0 Å². The average Bonchev–Trinajstić information content (AvgIpc) is 2.19. The molecule has 2 nitrogen and oxygen atoms in total. The fraction of sp³-hybridized carbons (Fsp3) is 0.300. The smallest absolute Gasteiger partial charge is 0.255 e. The van der Waals surface area contributed by atoms with Crippen molar-refractivity contribution >= 4 is 5.97 Å². The zero-order valence-corrected chi connectivity index (χ0v) is 7.37. The van der Waals surface area contributed by atoms with Gasteiger partial charge in [0.25, 0.3) is 0 Å². The number of rotatable bonds is 3. The SMILES string of the molecule is CC(CC(=O)OF)c1ccccc1. The zero-order chi connectivity index (χ0) is 9.68. The Balaban J connectivity index is 2.59. The molecule has 0 aliphatic heterocycles. The van der Waals surface area contributed by atoms with Crippen LogP contribution in [0.4, 0.5) is 4.53 Å².